The molecule has 22 heavy (non-hydrogen) atoms. The number of amidine groups is 1. The van der Waals surface area contributed by atoms with Gasteiger partial charge in [-0.15, -0.1) is 0 Å². The molecular formula is C18H20N3O+. The van der Waals surface area contributed by atoms with E-state index in [1.165, 1.54) is 5.56 Å². The van der Waals surface area contributed by atoms with Crippen molar-refractivity contribution in [2.75, 3.05) is 0 Å². The van der Waals surface area contributed by atoms with Gasteiger partial charge in [-0.1, -0.05) is 36.4 Å². The largest absolute Gasteiger partial charge is 0.299 e. The molecule has 0 fully saturated rings. The molecule has 3 rings (SSSR count). The van der Waals surface area contributed by atoms with E-state index in [0.717, 1.165) is 17.8 Å². The van der Waals surface area contributed by atoms with Crippen LogP contribution in [0.1, 0.15) is 35.3 Å². The van der Waals surface area contributed by atoms with E-state index in [2.05, 4.69) is 41.8 Å². The molecule has 1 amide bonds. The van der Waals surface area contributed by atoms with E-state index in [0.29, 0.717) is 5.56 Å². The second-order valence-electron chi connectivity index (χ2n) is 6.16. The Hall–Kier alpha value is -2.62. The monoisotopic (exact) mass is 294 g/mol. The molecule has 4 nitrogen and oxygen atoms in total. The number of nitrogens with one attached hydrogen (secondary N) is 3. The summed E-state index contributed by atoms with van der Waals surface area (Å²) in [6, 6.07) is 17.4. The molecule has 0 radical (unpaired) electrons. The van der Waals surface area contributed by atoms with Gasteiger partial charge < -0.3 is 0 Å². The van der Waals surface area contributed by atoms with Crippen LogP contribution in [-0.2, 0) is 6.42 Å². The number of carbonyl (C=O) groups excluding carboxylic acids is 1. The molecule has 2 aromatic carbocycles. The van der Waals surface area contributed by atoms with Crippen LogP contribution in [0.15, 0.2) is 54.6 Å². The van der Waals surface area contributed by atoms with Crippen molar-refractivity contribution >= 4 is 11.7 Å². The summed E-state index contributed by atoms with van der Waals surface area (Å²) in [6.07, 6.45) is 0.945. The highest BCUT2D eigenvalue weighted by Gasteiger charge is 2.30. The number of benzene rings is 2. The van der Waals surface area contributed by atoms with Gasteiger partial charge in [0, 0.05) is 12.0 Å². The van der Waals surface area contributed by atoms with Crippen molar-refractivity contribution in [3.63, 3.8) is 0 Å². The average Bonchev–Trinajstić information content (AvgIpc) is 2.52. The lowest BCUT2D eigenvalue weighted by molar-refractivity contribution is -0.547. The molecule has 0 unspecified atom stereocenters. The Morgan fingerprint density at radius 3 is 2.50 bits per heavy atom. The third kappa shape index (κ3) is 3.01. The number of fused-ring (bicyclic) bond motifs is 1. The molecule has 1 aliphatic rings. The molecule has 0 bridgehead atoms. The van der Waals surface area contributed by atoms with Crippen molar-refractivity contribution < 1.29 is 9.79 Å². The van der Waals surface area contributed by atoms with Gasteiger partial charge in [0.05, 0.1) is 5.56 Å². The van der Waals surface area contributed by atoms with Gasteiger partial charge in [-0.25, -0.2) is 0 Å². The fraction of sp³-hybridized carbons (Fsp3) is 0.222. The summed E-state index contributed by atoms with van der Waals surface area (Å²) >= 11 is 0. The van der Waals surface area contributed by atoms with Crippen molar-refractivity contribution in [3.8, 4) is 0 Å². The second-order valence-corrected chi connectivity index (χ2v) is 6.16. The first-order valence-electron chi connectivity index (χ1n) is 7.40. The number of hydrogen-bond donors (Lipinski definition) is 3. The van der Waals surface area contributed by atoms with Crippen LogP contribution in [0, 0.1) is 0 Å². The van der Waals surface area contributed by atoms with Crippen LogP contribution in [0.2, 0.25) is 0 Å². The Balaban J connectivity index is 1.79. The van der Waals surface area contributed by atoms with E-state index in [9.17, 15) is 4.79 Å². The van der Waals surface area contributed by atoms with E-state index in [-0.39, 0.29) is 11.4 Å². The lowest BCUT2D eigenvalue weighted by Crippen LogP contribution is -2.90. The van der Waals surface area contributed by atoms with Crippen molar-refractivity contribution in [1.29, 1.82) is 0 Å². The molecule has 0 saturated carbocycles. The number of hydrogen-bond acceptors (Lipinski definition) is 2. The summed E-state index contributed by atoms with van der Waals surface area (Å²) in [5.74, 6) is 0.673. The topological polar surface area (TPSA) is 55.1 Å². The molecule has 0 atom stereocenters. The van der Waals surface area contributed by atoms with Crippen LogP contribution in [0.3, 0.4) is 0 Å². The summed E-state index contributed by atoms with van der Waals surface area (Å²) in [5.41, 5.74) is 8.72. The van der Waals surface area contributed by atoms with Gasteiger partial charge in [-0.2, -0.15) is 10.9 Å². The molecule has 1 heterocycles. The SMILES string of the molecule is CC1(C)Cc2ccccc2C(NNC(=O)c2ccccc2)=[NH+]1. The predicted molar refractivity (Wildman–Crippen MR) is 86.3 cm³/mol. The minimum absolute atomic E-state index is 0.0613. The number of rotatable bonds is 1. The van der Waals surface area contributed by atoms with Crippen LogP contribution in [0.5, 0.6) is 0 Å². The van der Waals surface area contributed by atoms with Crippen LogP contribution in [0.25, 0.3) is 0 Å². The third-order valence-electron chi connectivity index (χ3n) is 3.72. The summed E-state index contributed by atoms with van der Waals surface area (Å²) in [6.45, 7) is 4.28. The number of amides is 1. The van der Waals surface area contributed by atoms with Gasteiger partial charge in [-0.05, 0) is 37.6 Å². The van der Waals surface area contributed by atoms with Gasteiger partial charge in [0.15, 0.2) is 0 Å². The maximum Gasteiger partial charge on any atom is 0.299 e. The highest BCUT2D eigenvalue weighted by Crippen LogP contribution is 2.16. The molecular weight excluding hydrogens is 274 g/mol. The molecule has 0 saturated heterocycles. The first-order chi connectivity index (χ1) is 10.6. The fourth-order valence-electron chi connectivity index (χ4n) is 2.72. The van der Waals surface area contributed by atoms with Gasteiger partial charge in [0.25, 0.3) is 11.7 Å². The number of hydrazine groups is 1. The maximum atomic E-state index is 12.1. The summed E-state index contributed by atoms with van der Waals surface area (Å²) in [5, 5.41) is 0. The van der Waals surface area contributed by atoms with Gasteiger partial charge in [0.1, 0.15) is 5.54 Å². The van der Waals surface area contributed by atoms with E-state index >= 15 is 0 Å². The lowest BCUT2D eigenvalue weighted by Gasteiger charge is -2.25. The Kier molecular flexibility index (Phi) is 3.67. The molecule has 2 aromatic rings. The van der Waals surface area contributed by atoms with Crippen molar-refractivity contribution in [3.05, 3.63) is 71.3 Å². The Bertz CT molecular complexity index is 720. The summed E-state index contributed by atoms with van der Waals surface area (Å²) in [4.78, 5) is 15.6. The highest BCUT2D eigenvalue weighted by molar-refractivity contribution is 6.00. The lowest BCUT2D eigenvalue weighted by atomic mass is 9.89. The van der Waals surface area contributed by atoms with Gasteiger partial charge >= 0.3 is 0 Å². The average molecular weight is 294 g/mol. The van der Waals surface area contributed by atoms with Crippen molar-refractivity contribution in [2.45, 2.75) is 25.8 Å². The van der Waals surface area contributed by atoms with Crippen LogP contribution in [-0.4, -0.2) is 17.3 Å². The zero-order valence-electron chi connectivity index (χ0n) is 12.8. The maximum absolute atomic E-state index is 12.1. The quantitative estimate of drug-likeness (QED) is 0.681. The summed E-state index contributed by atoms with van der Waals surface area (Å²) < 4.78 is 0. The van der Waals surface area contributed by atoms with E-state index in [4.69, 9.17) is 0 Å². The summed E-state index contributed by atoms with van der Waals surface area (Å²) in [7, 11) is 0. The Morgan fingerprint density at radius 2 is 1.73 bits per heavy atom. The predicted octanol–water partition coefficient (Wildman–Crippen LogP) is 0.783. The van der Waals surface area contributed by atoms with Crippen LogP contribution < -0.4 is 15.8 Å². The minimum Gasteiger partial charge on any atom is -0.267 e. The van der Waals surface area contributed by atoms with Crippen LogP contribution in [0.4, 0.5) is 0 Å². The molecule has 112 valence electrons. The van der Waals surface area contributed by atoms with E-state index in [1.807, 2.05) is 30.3 Å². The first kappa shape index (κ1) is 14.3. The van der Waals surface area contributed by atoms with Crippen molar-refractivity contribution in [2.24, 2.45) is 0 Å². The van der Waals surface area contributed by atoms with Gasteiger partial charge in [0.2, 0.25) is 0 Å². The molecule has 3 N–H and O–H groups in total. The van der Waals surface area contributed by atoms with Crippen molar-refractivity contribution in [1.82, 2.24) is 10.9 Å². The molecule has 0 spiro atoms. The fourth-order valence-corrected chi connectivity index (χ4v) is 2.72. The zero-order valence-corrected chi connectivity index (χ0v) is 12.8. The minimum atomic E-state index is -0.157. The number of carbonyl (C=O) groups is 1. The first-order valence-corrected chi connectivity index (χ1v) is 7.40. The molecule has 1 aliphatic heterocycles. The zero-order chi connectivity index (χ0) is 15.6. The van der Waals surface area contributed by atoms with E-state index in [1.54, 1.807) is 12.1 Å². The second kappa shape index (κ2) is 5.64. The molecule has 4 heteroatoms. The Labute approximate surface area is 130 Å². The normalized spacial score (nSPS) is 15.5. The van der Waals surface area contributed by atoms with Crippen LogP contribution >= 0.6 is 0 Å². The van der Waals surface area contributed by atoms with E-state index < -0.39 is 0 Å². The Morgan fingerprint density at radius 1 is 1.05 bits per heavy atom. The standard InChI is InChI=1S/C18H19N3O/c1-18(2)12-14-10-6-7-11-15(14)16(19-18)20-21-17(22)13-8-4-3-5-9-13/h3-11H,12H2,1-2H3,(H,19,20)(H,21,22)/p+1. The molecule has 0 aliphatic carbocycles. The smallest absolute Gasteiger partial charge is 0.267 e. The van der Waals surface area contributed by atoms with Gasteiger partial charge in [-0.3, -0.25) is 9.79 Å². The highest BCUT2D eigenvalue weighted by atomic mass is 16.2. The third-order valence-corrected chi connectivity index (χ3v) is 3.72. The molecule has 0 aromatic heterocycles.